The summed E-state index contributed by atoms with van der Waals surface area (Å²) in [5, 5.41) is 3.76. The Morgan fingerprint density at radius 3 is 2.39 bits per heavy atom. The number of ether oxygens (including phenoxy) is 1. The van der Waals surface area contributed by atoms with Crippen LogP contribution in [0, 0.1) is 5.92 Å². The number of piperidine rings is 1. The first kappa shape index (κ1) is 22.5. The van der Waals surface area contributed by atoms with E-state index in [9.17, 15) is 9.59 Å². The molecule has 0 spiro atoms. The van der Waals surface area contributed by atoms with E-state index in [4.69, 9.17) is 16.3 Å². The Bertz CT molecular complexity index is 680. The zero-order valence-corrected chi connectivity index (χ0v) is 18.3. The number of likely N-dealkylation sites (N-methyl/N-ethyl adjacent to an activating group) is 1. The van der Waals surface area contributed by atoms with E-state index in [1.54, 1.807) is 4.90 Å². The smallest absolute Gasteiger partial charge is 0.410 e. The minimum absolute atomic E-state index is 0.000461. The van der Waals surface area contributed by atoms with Gasteiger partial charge >= 0.3 is 6.09 Å². The van der Waals surface area contributed by atoms with Crippen LogP contribution < -0.4 is 5.32 Å². The molecule has 7 heteroatoms. The molecule has 1 atom stereocenters. The second-order valence-corrected chi connectivity index (χ2v) is 8.89. The van der Waals surface area contributed by atoms with Gasteiger partial charge in [-0.3, -0.25) is 4.79 Å². The fourth-order valence-electron chi connectivity index (χ4n) is 3.31. The number of benzene rings is 1. The van der Waals surface area contributed by atoms with Gasteiger partial charge in [0.15, 0.2) is 0 Å². The number of amides is 2. The predicted octanol–water partition coefficient (Wildman–Crippen LogP) is 3.71. The molecule has 1 heterocycles. The van der Waals surface area contributed by atoms with Gasteiger partial charge in [-0.25, -0.2) is 4.79 Å². The normalized spacial score (nSPS) is 16.8. The van der Waals surface area contributed by atoms with Crippen LogP contribution in [0.2, 0.25) is 5.02 Å². The number of likely N-dealkylation sites (tertiary alicyclic amines) is 1. The number of nitrogens with one attached hydrogen (secondary N) is 1. The van der Waals surface area contributed by atoms with Crippen molar-refractivity contribution >= 4 is 23.6 Å². The highest BCUT2D eigenvalue weighted by molar-refractivity contribution is 6.31. The topological polar surface area (TPSA) is 61.9 Å². The van der Waals surface area contributed by atoms with Crippen molar-refractivity contribution in [3.05, 3.63) is 34.9 Å². The first-order valence-corrected chi connectivity index (χ1v) is 10.1. The Hall–Kier alpha value is -1.79. The van der Waals surface area contributed by atoms with Crippen molar-refractivity contribution in [2.45, 2.75) is 45.3 Å². The number of rotatable bonds is 5. The van der Waals surface area contributed by atoms with Crippen molar-refractivity contribution in [3.8, 4) is 0 Å². The molecule has 28 heavy (non-hydrogen) atoms. The zero-order valence-electron chi connectivity index (χ0n) is 17.5. The van der Waals surface area contributed by atoms with E-state index in [1.807, 2.05) is 64.0 Å². The molecule has 1 aromatic rings. The van der Waals surface area contributed by atoms with Crippen LogP contribution in [0.4, 0.5) is 4.79 Å². The maximum atomic E-state index is 12.6. The fraction of sp³-hybridized carbons (Fsp3) is 0.619. The molecule has 6 nitrogen and oxygen atoms in total. The van der Waals surface area contributed by atoms with Crippen molar-refractivity contribution < 1.29 is 14.3 Å². The summed E-state index contributed by atoms with van der Waals surface area (Å²) in [7, 11) is 3.94. The quantitative estimate of drug-likeness (QED) is 0.805. The van der Waals surface area contributed by atoms with Crippen LogP contribution in [-0.2, 0) is 9.53 Å². The van der Waals surface area contributed by atoms with Crippen LogP contribution in [0.1, 0.15) is 45.2 Å². The molecule has 1 aliphatic heterocycles. The summed E-state index contributed by atoms with van der Waals surface area (Å²) in [4.78, 5) is 28.5. The van der Waals surface area contributed by atoms with Crippen molar-refractivity contribution in [1.29, 1.82) is 0 Å². The summed E-state index contributed by atoms with van der Waals surface area (Å²) >= 11 is 6.33. The van der Waals surface area contributed by atoms with Gasteiger partial charge in [0.2, 0.25) is 5.91 Å². The van der Waals surface area contributed by atoms with E-state index in [0.717, 1.165) is 5.56 Å². The summed E-state index contributed by atoms with van der Waals surface area (Å²) in [6.45, 7) is 7.12. The lowest BCUT2D eigenvalue weighted by atomic mass is 9.96. The van der Waals surface area contributed by atoms with Gasteiger partial charge in [-0.05, 0) is 59.3 Å². The van der Waals surface area contributed by atoms with E-state index in [2.05, 4.69) is 5.32 Å². The lowest BCUT2D eigenvalue weighted by Gasteiger charge is -2.33. The van der Waals surface area contributed by atoms with E-state index in [0.29, 0.717) is 37.5 Å². The fourth-order valence-corrected chi connectivity index (χ4v) is 3.57. The summed E-state index contributed by atoms with van der Waals surface area (Å²) < 4.78 is 5.41. The third kappa shape index (κ3) is 6.38. The van der Waals surface area contributed by atoms with Gasteiger partial charge in [0.05, 0.1) is 6.04 Å². The van der Waals surface area contributed by atoms with Gasteiger partial charge in [-0.15, -0.1) is 0 Å². The summed E-state index contributed by atoms with van der Waals surface area (Å²) in [5.41, 5.74) is 0.486. The number of nitrogens with zero attached hydrogens (tertiary/aromatic N) is 2. The predicted molar refractivity (Wildman–Crippen MR) is 111 cm³/mol. The van der Waals surface area contributed by atoms with E-state index < -0.39 is 5.60 Å². The SMILES string of the molecule is CN(C)C(CNC(=O)C1CCN(C(=O)OC(C)(C)C)CC1)c1ccccc1Cl. The number of halogens is 1. The monoisotopic (exact) mass is 409 g/mol. The second-order valence-electron chi connectivity index (χ2n) is 8.49. The molecule has 0 saturated carbocycles. The third-order valence-electron chi connectivity index (χ3n) is 4.87. The molecule has 2 amide bonds. The van der Waals surface area contributed by atoms with Crippen LogP contribution in [0.15, 0.2) is 24.3 Å². The van der Waals surface area contributed by atoms with Crippen LogP contribution in [-0.4, -0.2) is 61.1 Å². The maximum Gasteiger partial charge on any atom is 0.410 e. The highest BCUT2D eigenvalue weighted by atomic mass is 35.5. The van der Waals surface area contributed by atoms with Gasteiger partial charge in [-0.2, -0.15) is 0 Å². The second kappa shape index (κ2) is 9.61. The minimum Gasteiger partial charge on any atom is -0.444 e. The van der Waals surface area contributed by atoms with E-state index in [-0.39, 0.29) is 24.0 Å². The molecule has 1 saturated heterocycles. The van der Waals surface area contributed by atoms with Crippen molar-refractivity contribution in [2.75, 3.05) is 33.7 Å². The van der Waals surface area contributed by atoms with Crippen molar-refractivity contribution in [3.63, 3.8) is 0 Å². The Balaban J connectivity index is 1.87. The van der Waals surface area contributed by atoms with E-state index in [1.165, 1.54) is 0 Å². The Morgan fingerprint density at radius 2 is 1.86 bits per heavy atom. The molecule has 2 rings (SSSR count). The highest BCUT2D eigenvalue weighted by Crippen LogP contribution is 2.26. The molecular formula is C21H32ClN3O3. The number of carbonyl (C=O) groups excluding carboxylic acids is 2. The van der Waals surface area contributed by atoms with Gasteiger partial charge < -0.3 is 19.9 Å². The number of carbonyl (C=O) groups is 2. The van der Waals surface area contributed by atoms with E-state index >= 15 is 0 Å². The number of hydrogen-bond donors (Lipinski definition) is 1. The molecule has 1 aromatic carbocycles. The van der Waals surface area contributed by atoms with Gasteiger partial charge in [0, 0.05) is 30.6 Å². The minimum atomic E-state index is -0.509. The molecule has 0 aromatic heterocycles. The molecule has 1 aliphatic rings. The van der Waals surface area contributed by atoms with Crippen molar-refractivity contribution in [1.82, 2.24) is 15.1 Å². The molecule has 156 valence electrons. The molecular weight excluding hydrogens is 378 g/mol. The highest BCUT2D eigenvalue weighted by Gasteiger charge is 2.30. The van der Waals surface area contributed by atoms with Gasteiger partial charge in [0.25, 0.3) is 0 Å². The summed E-state index contributed by atoms with van der Waals surface area (Å²) in [5.74, 6) is -0.0597. The molecule has 1 unspecified atom stereocenters. The molecule has 1 fully saturated rings. The van der Waals surface area contributed by atoms with Crippen molar-refractivity contribution in [2.24, 2.45) is 5.92 Å². The standard InChI is InChI=1S/C21H32ClN3O3/c1-21(2,3)28-20(27)25-12-10-15(11-13-25)19(26)23-14-18(24(4)5)16-8-6-7-9-17(16)22/h6-9,15,18H,10-14H2,1-5H3,(H,23,26). The van der Waals surface area contributed by atoms with Gasteiger partial charge in [0.1, 0.15) is 5.60 Å². The summed E-state index contributed by atoms with van der Waals surface area (Å²) in [6, 6.07) is 7.70. The molecule has 0 radical (unpaired) electrons. The molecule has 0 aliphatic carbocycles. The lowest BCUT2D eigenvalue weighted by Crippen LogP contribution is -2.45. The Morgan fingerprint density at radius 1 is 1.25 bits per heavy atom. The summed E-state index contributed by atoms with van der Waals surface area (Å²) in [6.07, 6.45) is 0.978. The van der Waals surface area contributed by atoms with Crippen LogP contribution in [0.25, 0.3) is 0 Å². The largest absolute Gasteiger partial charge is 0.444 e. The maximum absolute atomic E-state index is 12.6. The molecule has 0 bridgehead atoms. The molecule has 1 N–H and O–H groups in total. The zero-order chi connectivity index (χ0) is 20.9. The average Bonchev–Trinajstić information content (AvgIpc) is 2.61. The third-order valence-corrected chi connectivity index (χ3v) is 5.22. The van der Waals surface area contributed by atoms with Gasteiger partial charge in [-0.1, -0.05) is 29.8 Å². The Kier molecular flexibility index (Phi) is 7.72. The van der Waals surface area contributed by atoms with Crippen LogP contribution in [0.3, 0.4) is 0 Å². The van der Waals surface area contributed by atoms with Crippen LogP contribution >= 0.6 is 11.6 Å². The van der Waals surface area contributed by atoms with Crippen LogP contribution in [0.5, 0.6) is 0 Å². The first-order chi connectivity index (χ1) is 13.1. The first-order valence-electron chi connectivity index (χ1n) is 9.75. The average molecular weight is 410 g/mol. The lowest BCUT2D eigenvalue weighted by molar-refractivity contribution is -0.126. The Labute approximate surface area is 173 Å². The number of hydrogen-bond acceptors (Lipinski definition) is 4.